The van der Waals surface area contributed by atoms with Gasteiger partial charge < -0.3 is 5.43 Å². The zero-order valence-corrected chi connectivity index (χ0v) is 10.0. The fourth-order valence-corrected chi connectivity index (χ4v) is 3.64. The second-order valence-corrected chi connectivity index (χ2v) is 6.41. The molecule has 3 N–H and O–H groups in total. The molecule has 0 aliphatic carbocycles. The lowest BCUT2D eigenvalue weighted by atomic mass is 10.2. The van der Waals surface area contributed by atoms with E-state index in [4.69, 9.17) is 5.84 Å². The van der Waals surface area contributed by atoms with Gasteiger partial charge in [-0.05, 0) is 26.7 Å². The van der Waals surface area contributed by atoms with Crippen molar-refractivity contribution < 1.29 is 8.42 Å². The summed E-state index contributed by atoms with van der Waals surface area (Å²) < 4.78 is 23.6. The summed E-state index contributed by atoms with van der Waals surface area (Å²) in [6, 6.07) is 0.0492. The summed E-state index contributed by atoms with van der Waals surface area (Å²) in [5.41, 5.74) is 2.43. The average molecular weight is 233 g/mol. The van der Waals surface area contributed by atoms with Gasteiger partial charge in [0.05, 0.1) is 5.75 Å². The molecule has 1 saturated heterocycles. The molecule has 88 valence electrons. The van der Waals surface area contributed by atoms with Crippen molar-refractivity contribution in [1.82, 2.24) is 5.43 Å². The fraction of sp³-hybridized carbons (Fsp3) is 0.889. The van der Waals surface area contributed by atoms with E-state index < -0.39 is 15.1 Å². The molecule has 0 amide bonds. The standard InChI is InChI=1S/C9H19N3O2S/c1-7(2)11-9(12-10)8-5-3-4-6-15(8,13)14/h7-8H,3-6,10H2,1-2H3,(H,11,12). The number of hydrogen-bond acceptors (Lipinski definition) is 4. The molecular formula is C9H19N3O2S. The molecule has 6 heteroatoms. The number of aliphatic imine (C=N–C) groups is 1. The molecule has 1 atom stereocenters. The molecule has 0 spiro atoms. The van der Waals surface area contributed by atoms with E-state index in [1.54, 1.807) is 0 Å². The SMILES string of the molecule is CC(C)N=C(NN)C1CCCCS1(=O)=O. The van der Waals surface area contributed by atoms with Crippen molar-refractivity contribution >= 4 is 15.7 Å². The maximum atomic E-state index is 11.8. The Hall–Kier alpha value is -0.620. The van der Waals surface area contributed by atoms with Crippen LogP contribution in [0.25, 0.3) is 0 Å². The van der Waals surface area contributed by atoms with Gasteiger partial charge in [-0.25, -0.2) is 14.3 Å². The Bertz CT molecular complexity index is 335. The molecule has 1 unspecified atom stereocenters. The molecule has 15 heavy (non-hydrogen) atoms. The van der Waals surface area contributed by atoms with Gasteiger partial charge in [-0.1, -0.05) is 6.42 Å². The third kappa shape index (κ3) is 3.17. The Balaban J connectivity index is 2.92. The summed E-state index contributed by atoms with van der Waals surface area (Å²) in [5, 5.41) is -0.529. The lowest BCUT2D eigenvalue weighted by Gasteiger charge is -2.23. The van der Waals surface area contributed by atoms with Crippen LogP contribution in [-0.2, 0) is 9.84 Å². The van der Waals surface area contributed by atoms with Gasteiger partial charge in [-0.3, -0.25) is 4.99 Å². The van der Waals surface area contributed by atoms with E-state index in [2.05, 4.69) is 10.4 Å². The molecular weight excluding hydrogens is 214 g/mol. The summed E-state index contributed by atoms with van der Waals surface area (Å²) in [5.74, 6) is 5.98. The second-order valence-electron chi connectivity index (χ2n) is 4.10. The highest BCUT2D eigenvalue weighted by Crippen LogP contribution is 2.20. The topological polar surface area (TPSA) is 84.5 Å². The molecule has 0 aromatic carbocycles. The van der Waals surface area contributed by atoms with Gasteiger partial charge in [0.25, 0.3) is 0 Å². The lowest BCUT2D eigenvalue weighted by molar-refractivity contribution is 0.561. The van der Waals surface area contributed by atoms with Crippen molar-refractivity contribution in [3.8, 4) is 0 Å². The minimum absolute atomic E-state index is 0.0492. The van der Waals surface area contributed by atoms with Crippen LogP contribution in [0.15, 0.2) is 4.99 Å². The first-order valence-corrected chi connectivity index (χ1v) is 6.95. The van der Waals surface area contributed by atoms with E-state index in [1.165, 1.54) is 0 Å². The molecule has 0 saturated carbocycles. The van der Waals surface area contributed by atoms with Crippen LogP contribution in [0.4, 0.5) is 0 Å². The number of nitrogens with one attached hydrogen (secondary N) is 1. The zero-order chi connectivity index (χ0) is 11.5. The molecule has 1 aliphatic rings. The smallest absolute Gasteiger partial charge is 0.160 e. The van der Waals surface area contributed by atoms with Gasteiger partial charge in [0, 0.05) is 6.04 Å². The highest BCUT2D eigenvalue weighted by molar-refractivity contribution is 7.92. The zero-order valence-electron chi connectivity index (χ0n) is 9.23. The van der Waals surface area contributed by atoms with Crippen LogP contribution >= 0.6 is 0 Å². The Morgan fingerprint density at radius 2 is 2.13 bits per heavy atom. The van der Waals surface area contributed by atoms with E-state index in [1.807, 2.05) is 13.8 Å². The maximum Gasteiger partial charge on any atom is 0.160 e. The van der Waals surface area contributed by atoms with E-state index in [0.29, 0.717) is 12.3 Å². The maximum absolute atomic E-state index is 11.8. The van der Waals surface area contributed by atoms with E-state index in [9.17, 15) is 8.42 Å². The van der Waals surface area contributed by atoms with Crippen LogP contribution in [0.5, 0.6) is 0 Å². The fourth-order valence-electron chi connectivity index (χ4n) is 1.75. The lowest BCUT2D eigenvalue weighted by Crippen LogP contribution is -2.46. The van der Waals surface area contributed by atoms with Gasteiger partial charge in [0.1, 0.15) is 11.1 Å². The Morgan fingerprint density at radius 1 is 1.47 bits per heavy atom. The molecule has 0 radical (unpaired) electrons. The molecule has 5 nitrogen and oxygen atoms in total. The largest absolute Gasteiger partial charge is 0.311 e. The quantitative estimate of drug-likeness (QED) is 0.309. The monoisotopic (exact) mass is 233 g/mol. The van der Waals surface area contributed by atoms with Crippen LogP contribution < -0.4 is 11.3 Å². The first-order valence-electron chi connectivity index (χ1n) is 5.23. The van der Waals surface area contributed by atoms with Crippen molar-refractivity contribution in [2.75, 3.05) is 5.75 Å². The summed E-state index contributed by atoms with van der Waals surface area (Å²) in [7, 11) is -3.05. The molecule has 0 aromatic rings. The van der Waals surface area contributed by atoms with Crippen molar-refractivity contribution in [3.05, 3.63) is 0 Å². The summed E-state index contributed by atoms with van der Waals surface area (Å²) in [6.45, 7) is 3.79. The Morgan fingerprint density at radius 3 is 2.60 bits per heavy atom. The van der Waals surface area contributed by atoms with Crippen LogP contribution in [0.2, 0.25) is 0 Å². The van der Waals surface area contributed by atoms with Crippen LogP contribution in [-0.4, -0.2) is 31.3 Å². The van der Waals surface area contributed by atoms with Crippen molar-refractivity contribution in [2.24, 2.45) is 10.8 Å². The van der Waals surface area contributed by atoms with Crippen molar-refractivity contribution in [3.63, 3.8) is 0 Å². The van der Waals surface area contributed by atoms with E-state index >= 15 is 0 Å². The molecule has 0 bridgehead atoms. The number of nitrogens with zero attached hydrogens (tertiary/aromatic N) is 1. The van der Waals surface area contributed by atoms with Crippen LogP contribution in [0.1, 0.15) is 33.1 Å². The minimum atomic E-state index is -3.05. The number of nitrogens with two attached hydrogens (primary N) is 1. The van der Waals surface area contributed by atoms with Gasteiger partial charge in [0.2, 0.25) is 0 Å². The molecule has 1 fully saturated rings. The molecule has 0 aromatic heterocycles. The van der Waals surface area contributed by atoms with Crippen molar-refractivity contribution in [1.29, 1.82) is 0 Å². The first-order chi connectivity index (χ1) is 6.97. The van der Waals surface area contributed by atoms with Crippen LogP contribution in [0.3, 0.4) is 0 Å². The van der Waals surface area contributed by atoms with E-state index in [0.717, 1.165) is 12.8 Å². The van der Waals surface area contributed by atoms with Crippen LogP contribution in [0, 0.1) is 0 Å². The third-order valence-corrected chi connectivity index (χ3v) is 4.61. The van der Waals surface area contributed by atoms with Gasteiger partial charge >= 0.3 is 0 Å². The summed E-state index contributed by atoms with van der Waals surface area (Å²) in [6.07, 6.45) is 2.29. The highest BCUT2D eigenvalue weighted by Gasteiger charge is 2.32. The summed E-state index contributed by atoms with van der Waals surface area (Å²) >= 11 is 0. The van der Waals surface area contributed by atoms with Gasteiger partial charge in [0.15, 0.2) is 9.84 Å². The molecule has 1 rings (SSSR count). The molecule has 1 heterocycles. The number of amidine groups is 1. The number of hydrogen-bond donors (Lipinski definition) is 2. The highest BCUT2D eigenvalue weighted by atomic mass is 32.2. The van der Waals surface area contributed by atoms with E-state index in [-0.39, 0.29) is 11.8 Å². The van der Waals surface area contributed by atoms with Crippen molar-refractivity contribution in [2.45, 2.75) is 44.4 Å². The first kappa shape index (κ1) is 12.4. The summed E-state index contributed by atoms with van der Waals surface area (Å²) in [4.78, 5) is 4.22. The number of hydrazine groups is 1. The predicted octanol–water partition coefficient (Wildman–Crippen LogP) is 0.224. The third-order valence-electron chi connectivity index (χ3n) is 2.43. The molecule has 1 aliphatic heterocycles. The van der Waals surface area contributed by atoms with Gasteiger partial charge in [-0.2, -0.15) is 0 Å². The predicted molar refractivity (Wildman–Crippen MR) is 61.3 cm³/mol. The number of sulfone groups is 1. The second kappa shape index (κ2) is 4.94. The average Bonchev–Trinajstić information content (AvgIpc) is 2.14. The Kier molecular flexibility index (Phi) is 4.10. The Labute approximate surface area is 91.0 Å². The number of rotatable bonds is 2. The normalized spacial score (nSPS) is 26.7. The van der Waals surface area contributed by atoms with Gasteiger partial charge in [-0.15, -0.1) is 0 Å². The minimum Gasteiger partial charge on any atom is -0.311 e.